The first-order valence-electron chi connectivity index (χ1n) is 5.13. The van der Waals surface area contributed by atoms with Gasteiger partial charge in [0, 0.05) is 4.47 Å². The Balaban J connectivity index is 3.36. The fourth-order valence-corrected chi connectivity index (χ4v) is 1.99. The number of halogens is 7. The van der Waals surface area contributed by atoms with Crippen LogP contribution in [0.15, 0.2) is 28.7 Å². The highest BCUT2D eigenvalue weighted by atomic mass is 79.9. The summed E-state index contributed by atoms with van der Waals surface area (Å²) in [5.74, 6) is -3.47. The first kappa shape index (κ1) is 16.1. The van der Waals surface area contributed by atoms with Crippen LogP contribution in [0.25, 0.3) is 6.08 Å². The van der Waals surface area contributed by atoms with Gasteiger partial charge in [0.1, 0.15) is 0 Å². The van der Waals surface area contributed by atoms with E-state index in [0.717, 1.165) is 12.1 Å². The van der Waals surface area contributed by atoms with Gasteiger partial charge in [-0.2, -0.15) is 26.3 Å². The molecule has 7 heteroatoms. The molecule has 0 aliphatic heterocycles. The van der Waals surface area contributed by atoms with Gasteiger partial charge in [-0.3, -0.25) is 0 Å². The van der Waals surface area contributed by atoms with Crippen molar-refractivity contribution in [2.75, 3.05) is 0 Å². The first-order valence-corrected chi connectivity index (χ1v) is 5.92. The van der Waals surface area contributed by atoms with Crippen LogP contribution in [0.3, 0.4) is 0 Å². The lowest BCUT2D eigenvalue weighted by Crippen LogP contribution is -2.34. The highest BCUT2D eigenvalue weighted by Crippen LogP contribution is 2.46. The lowest BCUT2D eigenvalue weighted by atomic mass is 9.96. The van der Waals surface area contributed by atoms with Crippen LogP contribution in [-0.2, 0) is 0 Å². The number of hydrogen-bond donors (Lipinski definition) is 0. The molecule has 0 bridgehead atoms. The molecule has 1 aromatic carbocycles. The Hall–Kier alpha value is -0.980. The summed E-state index contributed by atoms with van der Waals surface area (Å²) in [5, 5.41) is 0. The summed E-state index contributed by atoms with van der Waals surface area (Å²) < 4.78 is 75.8. The fourth-order valence-electron chi connectivity index (χ4n) is 1.61. The monoisotopic (exact) mass is 346 g/mol. The van der Waals surface area contributed by atoms with Gasteiger partial charge >= 0.3 is 12.4 Å². The molecule has 0 aromatic heterocycles. The lowest BCUT2D eigenvalue weighted by molar-refractivity contribution is -0.253. The largest absolute Gasteiger partial charge is 0.404 e. The topological polar surface area (TPSA) is 0 Å². The van der Waals surface area contributed by atoms with E-state index in [9.17, 15) is 26.3 Å². The highest BCUT2D eigenvalue weighted by molar-refractivity contribution is 9.10. The van der Waals surface area contributed by atoms with Crippen molar-refractivity contribution in [2.45, 2.75) is 25.2 Å². The van der Waals surface area contributed by atoms with Crippen molar-refractivity contribution in [1.29, 1.82) is 0 Å². The summed E-state index contributed by atoms with van der Waals surface area (Å²) >= 11 is 3.07. The van der Waals surface area contributed by atoms with E-state index in [1.54, 1.807) is 6.92 Å². The number of allylic oxidation sites excluding steroid dienone is 1. The van der Waals surface area contributed by atoms with Gasteiger partial charge < -0.3 is 0 Å². The van der Waals surface area contributed by atoms with Gasteiger partial charge in [0.25, 0.3) is 0 Å². The van der Waals surface area contributed by atoms with Crippen molar-refractivity contribution in [3.8, 4) is 0 Å². The SMILES string of the molecule is CC=Cc1cc(C(C(F)(F)F)C(F)(F)F)ccc1Br. The first-order chi connectivity index (χ1) is 8.57. The third-order valence-electron chi connectivity index (χ3n) is 2.35. The van der Waals surface area contributed by atoms with Gasteiger partial charge in [0.15, 0.2) is 5.92 Å². The van der Waals surface area contributed by atoms with Gasteiger partial charge in [-0.25, -0.2) is 0 Å². The van der Waals surface area contributed by atoms with Crippen molar-refractivity contribution in [1.82, 2.24) is 0 Å². The van der Waals surface area contributed by atoms with Crippen LogP contribution in [0.2, 0.25) is 0 Å². The van der Waals surface area contributed by atoms with Crippen LogP contribution in [0.1, 0.15) is 24.0 Å². The Morgan fingerprint density at radius 2 is 1.58 bits per heavy atom. The molecule has 106 valence electrons. The van der Waals surface area contributed by atoms with Crippen molar-refractivity contribution in [3.63, 3.8) is 0 Å². The summed E-state index contributed by atoms with van der Waals surface area (Å²) in [6.07, 6.45) is -7.80. The summed E-state index contributed by atoms with van der Waals surface area (Å²) in [7, 11) is 0. The van der Waals surface area contributed by atoms with E-state index < -0.39 is 23.8 Å². The minimum atomic E-state index is -5.38. The standard InChI is InChI=1S/C12H9BrF6/c1-2-3-7-6-8(4-5-9(7)13)10(11(14,15)16)12(17,18)19/h2-6,10H,1H3. The zero-order valence-electron chi connectivity index (χ0n) is 9.61. The second kappa shape index (κ2) is 5.56. The normalized spacial score (nSPS) is 13.5. The van der Waals surface area contributed by atoms with Crippen molar-refractivity contribution in [3.05, 3.63) is 39.9 Å². The van der Waals surface area contributed by atoms with E-state index in [0.29, 0.717) is 4.47 Å². The molecule has 0 spiro atoms. The zero-order valence-corrected chi connectivity index (χ0v) is 11.2. The maximum atomic E-state index is 12.6. The number of benzene rings is 1. The Morgan fingerprint density at radius 1 is 1.05 bits per heavy atom. The maximum absolute atomic E-state index is 12.6. The van der Waals surface area contributed by atoms with Gasteiger partial charge in [0.2, 0.25) is 0 Å². The molecule has 0 amide bonds. The molecule has 0 saturated heterocycles. The van der Waals surface area contributed by atoms with E-state index in [1.165, 1.54) is 18.2 Å². The smallest absolute Gasteiger partial charge is 0.170 e. The number of rotatable bonds is 2. The van der Waals surface area contributed by atoms with Crippen LogP contribution in [0.4, 0.5) is 26.3 Å². The maximum Gasteiger partial charge on any atom is 0.404 e. The second-order valence-electron chi connectivity index (χ2n) is 3.80. The average Bonchev–Trinajstić information content (AvgIpc) is 2.19. The van der Waals surface area contributed by atoms with Crippen LogP contribution >= 0.6 is 15.9 Å². The summed E-state index contributed by atoms with van der Waals surface area (Å²) in [5.41, 5.74) is -0.560. The number of hydrogen-bond acceptors (Lipinski definition) is 0. The minimum Gasteiger partial charge on any atom is -0.170 e. The summed E-state index contributed by atoms with van der Waals surface area (Å²) in [6.45, 7) is 1.62. The summed E-state index contributed by atoms with van der Waals surface area (Å²) in [6, 6.07) is 2.88. The number of alkyl halides is 6. The highest BCUT2D eigenvalue weighted by Gasteiger charge is 2.57. The van der Waals surface area contributed by atoms with Crippen LogP contribution in [0, 0.1) is 0 Å². The Labute approximate surface area is 114 Å². The molecule has 0 aliphatic rings. The zero-order chi connectivity index (χ0) is 14.8. The molecule has 0 atom stereocenters. The average molecular weight is 347 g/mol. The molecular formula is C12H9BrF6. The van der Waals surface area contributed by atoms with E-state index in [2.05, 4.69) is 15.9 Å². The molecule has 0 unspecified atom stereocenters. The van der Waals surface area contributed by atoms with Gasteiger partial charge in [-0.1, -0.05) is 34.1 Å². The quantitative estimate of drug-likeness (QED) is 0.603. The van der Waals surface area contributed by atoms with Crippen LogP contribution in [-0.4, -0.2) is 12.4 Å². The van der Waals surface area contributed by atoms with Crippen molar-refractivity contribution in [2.24, 2.45) is 0 Å². The van der Waals surface area contributed by atoms with E-state index >= 15 is 0 Å². The molecule has 0 N–H and O–H groups in total. The molecule has 0 heterocycles. The molecule has 1 rings (SSSR count). The van der Waals surface area contributed by atoms with Crippen LogP contribution in [0.5, 0.6) is 0 Å². The van der Waals surface area contributed by atoms with Crippen molar-refractivity contribution >= 4 is 22.0 Å². The Morgan fingerprint density at radius 3 is 2.00 bits per heavy atom. The molecule has 0 aliphatic carbocycles. The van der Waals surface area contributed by atoms with Gasteiger partial charge in [0.05, 0.1) is 0 Å². The van der Waals surface area contributed by atoms with Crippen molar-refractivity contribution < 1.29 is 26.3 Å². The van der Waals surface area contributed by atoms with E-state index in [1.807, 2.05) is 0 Å². The molecule has 0 radical (unpaired) electrons. The Kier molecular flexibility index (Phi) is 4.71. The summed E-state index contributed by atoms with van der Waals surface area (Å²) in [4.78, 5) is 0. The third kappa shape index (κ3) is 3.99. The molecule has 0 fully saturated rings. The third-order valence-corrected chi connectivity index (χ3v) is 3.08. The molecule has 0 saturated carbocycles. The second-order valence-corrected chi connectivity index (χ2v) is 4.65. The molecule has 1 aromatic rings. The van der Waals surface area contributed by atoms with Gasteiger partial charge in [-0.15, -0.1) is 0 Å². The fraction of sp³-hybridized carbons (Fsp3) is 0.333. The van der Waals surface area contributed by atoms with Gasteiger partial charge in [-0.05, 0) is 30.2 Å². The van der Waals surface area contributed by atoms with E-state index in [-0.39, 0.29) is 5.56 Å². The van der Waals surface area contributed by atoms with E-state index in [4.69, 9.17) is 0 Å². The minimum absolute atomic E-state index is 0.263. The molecule has 19 heavy (non-hydrogen) atoms. The predicted molar refractivity (Wildman–Crippen MR) is 63.7 cm³/mol. The van der Waals surface area contributed by atoms with Crippen LogP contribution < -0.4 is 0 Å². The molecule has 0 nitrogen and oxygen atoms in total. The Bertz CT molecular complexity index is 458. The molecular weight excluding hydrogens is 338 g/mol. The lowest BCUT2D eigenvalue weighted by Gasteiger charge is -2.23. The predicted octanol–water partition coefficient (Wildman–Crippen LogP) is 5.69.